The van der Waals surface area contributed by atoms with Crippen LogP contribution in [0.25, 0.3) is 11.0 Å². The fourth-order valence-electron chi connectivity index (χ4n) is 2.67. The lowest BCUT2D eigenvalue weighted by Gasteiger charge is -2.13. The number of hydrogen-bond donors (Lipinski definition) is 1. The molecule has 1 aromatic heterocycles. The highest BCUT2D eigenvalue weighted by Gasteiger charge is 2.28. The molecule has 1 unspecified atom stereocenters. The van der Waals surface area contributed by atoms with Gasteiger partial charge in [0.25, 0.3) is 0 Å². The molecule has 3 rings (SSSR count). The van der Waals surface area contributed by atoms with E-state index in [0.717, 1.165) is 18.5 Å². The number of para-hydroxylation sites is 2. The van der Waals surface area contributed by atoms with Crippen molar-refractivity contribution in [2.45, 2.75) is 45.2 Å². The summed E-state index contributed by atoms with van der Waals surface area (Å²) in [6, 6.07) is 9.69. The van der Waals surface area contributed by atoms with Crippen LogP contribution in [0.5, 0.6) is 0 Å². The van der Waals surface area contributed by atoms with Crippen molar-refractivity contribution in [3.8, 4) is 0 Å². The standard InChI is InChI=1S/C15H21N3/c1-3-16-11(2)10-15-17-13-6-4-5-7-14(13)18(15)12-8-9-12/h4-7,11-12,16H,3,8-10H2,1-2H3. The van der Waals surface area contributed by atoms with E-state index in [-0.39, 0.29) is 0 Å². The van der Waals surface area contributed by atoms with Gasteiger partial charge in [0.2, 0.25) is 0 Å². The van der Waals surface area contributed by atoms with Gasteiger partial charge in [-0.25, -0.2) is 4.98 Å². The smallest absolute Gasteiger partial charge is 0.111 e. The van der Waals surface area contributed by atoms with Gasteiger partial charge in [-0.15, -0.1) is 0 Å². The van der Waals surface area contributed by atoms with Gasteiger partial charge in [0.05, 0.1) is 11.0 Å². The van der Waals surface area contributed by atoms with Crippen molar-refractivity contribution in [3.05, 3.63) is 30.1 Å². The molecule has 0 saturated heterocycles. The van der Waals surface area contributed by atoms with Crippen molar-refractivity contribution in [3.63, 3.8) is 0 Å². The van der Waals surface area contributed by atoms with E-state index < -0.39 is 0 Å². The number of benzene rings is 1. The third-order valence-electron chi connectivity index (χ3n) is 3.62. The van der Waals surface area contributed by atoms with Crippen molar-refractivity contribution in [1.29, 1.82) is 0 Å². The molecule has 0 amide bonds. The maximum absolute atomic E-state index is 4.82. The molecule has 1 aliphatic rings. The molecule has 1 aromatic carbocycles. The fourth-order valence-corrected chi connectivity index (χ4v) is 2.67. The van der Waals surface area contributed by atoms with Gasteiger partial charge >= 0.3 is 0 Å². The molecule has 3 heteroatoms. The van der Waals surface area contributed by atoms with Gasteiger partial charge in [-0.1, -0.05) is 19.1 Å². The molecule has 2 aromatic rings. The maximum atomic E-state index is 4.82. The molecule has 1 N–H and O–H groups in total. The second kappa shape index (κ2) is 4.73. The molecule has 0 bridgehead atoms. The van der Waals surface area contributed by atoms with Gasteiger partial charge in [-0.05, 0) is 38.4 Å². The minimum atomic E-state index is 0.490. The number of rotatable bonds is 5. The quantitative estimate of drug-likeness (QED) is 0.875. The molecule has 0 aliphatic heterocycles. The zero-order valence-electron chi connectivity index (χ0n) is 11.2. The summed E-state index contributed by atoms with van der Waals surface area (Å²) in [7, 11) is 0. The number of imidazole rings is 1. The molecule has 1 atom stereocenters. The molecule has 1 saturated carbocycles. The Morgan fingerprint density at radius 1 is 1.39 bits per heavy atom. The second-order valence-electron chi connectivity index (χ2n) is 5.28. The van der Waals surface area contributed by atoms with Crippen molar-refractivity contribution < 1.29 is 0 Å². The molecule has 0 spiro atoms. The first-order valence-electron chi connectivity index (χ1n) is 6.98. The lowest BCUT2D eigenvalue weighted by molar-refractivity contribution is 0.536. The Bertz CT molecular complexity index is 540. The lowest BCUT2D eigenvalue weighted by Crippen LogP contribution is -2.28. The molecule has 96 valence electrons. The summed E-state index contributed by atoms with van der Waals surface area (Å²) in [5, 5.41) is 3.47. The van der Waals surface area contributed by atoms with Crippen molar-refractivity contribution >= 4 is 11.0 Å². The monoisotopic (exact) mass is 243 g/mol. The average Bonchev–Trinajstić information content (AvgIpc) is 3.11. The van der Waals surface area contributed by atoms with Crippen molar-refractivity contribution in [1.82, 2.24) is 14.9 Å². The highest BCUT2D eigenvalue weighted by atomic mass is 15.1. The Kier molecular flexibility index (Phi) is 3.08. The van der Waals surface area contributed by atoms with Gasteiger partial charge in [0.15, 0.2) is 0 Å². The van der Waals surface area contributed by atoms with Crippen LogP contribution in [0.15, 0.2) is 24.3 Å². The first-order valence-corrected chi connectivity index (χ1v) is 6.98. The largest absolute Gasteiger partial charge is 0.325 e. The molecule has 1 fully saturated rings. The SMILES string of the molecule is CCNC(C)Cc1nc2ccccc2n1C1CC1. The summed E-state index contributed by atoms with van der Waals surface area (Å²) in [6.07, 6.45) is 3.63. The van der Waals surface area contributed by atoms with E-state index >= 15 is 0 Å². The number of aromatic nitrogens is 2. The van der Waals surface area contributed by atoms with Gasteiger partial charge in [0.1, 0.15) is 5.82 Å². The first kappa shape index (κ1) is 11.7. The minimum Gasteiger partial charge on any atom is -0.325 e. The third-order valence-corrected chi connectivity index (χ3v) is 3.62. The second-order valence-corrected chi connectivity index (χ2v) is 5.28. The summed E-state index contributed by atoms with van der Waals surface area (Å²) >= 11 is 0. The lowest BCUT2D eigenvalue weighted by atomic mass is 10.2. The minimum absolute atomic E-state index is 0.490. The van der Waals surface area contributed by atoms with Crippen LogP contribution in [-0.4, -0.2) is 22.1 Å². The predicted molar refractivity (Wildman–Crippen MR) is 74.8 cm³/mol. The van der Waals surface area contributed by atoms with Crippen LogP contribution in [0.4, 0.5) is 0 Å². The highest BCUT2D eigenvalue weighted by molar-refractivity contribution is 5.76. The number of likely N-dealkylation sites (N-methyl/N-ethyl adjacent to an activating group) is 1. The number of nitrogens with one attached hydrogen (secondary N) is 1. The van der Waals surface area contributed by atoms with E-state index in [2.05, 4.69) is 48.0 Å². The summed E-state index contributed by atoms with van der Waals surface area (Å²) in [6.45, 7) is 5.41. The maximum Gasteiger partial charge on any atom is 0.111 e. The number of fused-ring (bicyclic) bond motifs is 1. The third kappa shape index (κ3) is 2.15. The average molecular weight is 243 g/mol. The van der Waals surface area contributed by atoms with Crippen LogP contribution in [-0.2, 0) is 6.42 Å². The first-order chi connectivity index (χ1) is 8.79. The zero-order chi connectivity index (χ0) is 12.5. The molecular weight excluding hydrogens is 222 g/mol. The Morgan fingerprint density at radius 2 is 2.17 bits per heavy atom. The molecule has 0 radical (unpaired) electrons. The van der Waals surface area contributed by atoms with Gasteiger partial charge in [-0.3, -0.25) is 0 Å². The predicted octanol–water partition coefficient (Wildman–Crippen LogP) is 2.91. The summed E-state index contributed by atoms with van der Waals surface area (Å²) in [5.74, 6) is 1.24. The van der Waals surface area contributed by atoms with Crippen LogP contribution in [0.2, 0.25) is 0 Å². The fraction of sp³-hybridized carbons (Fsp3) is 0.533. The van der Waals surface area contributed by atoms with E-state index in [1.807, 2.05) is 0 Å². The molecular formula is C15H21N3. The molecule has 1 aliphatic carbocycles. The highest BCUT2D eigenvalue weighted by Crippen LogP contribution is 2.38. The Labute approximate surface area is 108 Å². The Hall–Kier alpha value is -1.35. The van der Waals surface area contributed by atoms with Crippen LogP contribution in [0.1, 0.15) is 38.6 Å². The van der Waals surface area contributed by atoms with Crippen molar-refractivity contribution in [2.75, 3.05) is 6.54 Å². The van der Waals surface area contributed by atoms with E-state index in [0.29, 0.717) is 12.1 Å². The normalized spacial score (nSPS) is 17.2. The van der Waals surface area contributed by atoms with Gasteiger partial charge in [0, 0.05) is 18.5 Å². The van der Waals surface area contributed by atoms with Crippen molar-refractivity contribution in [2.24, 2.45) is 0 Å². The van der Waals surface area contributed by atoms with Crippen LogP contribution in [0.3, 0.4) is 0 Å². The number of nitrogens with zero attached hydrogens (tertiary/aromatic N) is 2. The Balaban J connectivity index is 1.97. The molecule has 3 nitrogen and oxygen atoms in total. The van der Waals surface area contributed by atoms with Gasteiger partial charge in [-0.2, -0.15) is 0 Å². The summed E-state index contributed by atoms with van der Waals surface area (Å²) in [5.41, 5.74) is 2.45. The molecule has 1 heterocycles. The number of hydrogen-bond acceptors (Lipinski definition) is 2. The zero-order valence-corrected chi connectivity index (χ0v) is 11.2. The van der Waals surface area contributed by atoms with E-state index in [1.54, 1.807) is 0 Å². The van der Waals surface area contributed by atoms with Crippen LogP contribution in [0, 0.1) is 0 Å². The van der Waals surface area contributed by atoms with E-state index in [9.17, 15) is 0 Å². The Morgan fingerprint density at radius 3 is 2.89 bits per heavy atom. The van der Waals surface area contributed by atoms with E-state index in [1.165, 1.54) is 24.2 Å². The molecule has 18 heavy (non-hydrogen) atoms. The van der Waals surface area contributed by atoms with Gasteiger partial charge < -0.3 is 9.88 Å². The van der Waals surface area contributed by atoms with E-state index in [4.69, 9.17) is 4.98 Å². The summed E-state index contributed by atoms with van der Waals surface area (Å²) in [4.78, 5) is 4.82. The van der Waals surface area contributed by atoms with Crippen LogP contribution < -0.4 is 5.32 Å². The van der Waals surface area contributed by atoms with Crippen LogP contribution >= 0.6 is 0 Å². The topological polar surface area (TPSA) is 29.9 Å². The summed E-state index contributed by atoms with van der Waals surface area (Å²) < 4.78 is 2.46.